The van der Waals surface area contributed by atoms with Gasteiger partial charge in [-0.3, -0.25) is 19.4 Å². The number of alkyl halides is 3. The Morgan fingerprint density at radius 2 is 1.53 bits per heavy atom. The summed E-state index contributed by atoms with van der Waals surface area (Å²) in [6, 6.07) is 13.3. The van der Waals surface area contributed by atoms with Crippen molar-refractivity contribution in [2.75, 3.05) is 31.5 Å². The van der Waals surface area contributed by atoms with E-state index in [0.29, 0.717) is 31.9 Å². The van der Waals surface area contributed by atoms with Crippen LogP contribution < -0.4 is 15.8 Å². The van der Waals surface area contributed by atoms with E-state index in [1.807, 2.05) is 40.1 Å². The van der Waals surface area contributed by atoms with Crippen LogP contribution >= 0.6 is 0 Å². The molecule has 0 bridgehead atoms. The number of hydrogen-bond acceptors (Lipinski definition) is 5. The fourth-order valence-electron chi connectivity index (χ4n) is 3.73. The predicted octanol–water partition coefficient (Wildman–Crippen LogP) is 2.76. The van der Waals surface area contributed by atoms with Crippen molar-refractivity contribution in [3.05, 3.63) is 60.2 Å². The van der Waals surface area contributed by atoms with Gasteiger partial charge in [0.05, 0.1) is 6.04 Å². The summed E-state index contributed by atoms with van der Waals surface area (Å²) in [5.41, 5.74) is 6.84. The van der Waals surface area contributed by atoms with Gasteiger partial charge in [-0.2, -0.15) is 0 Å². The first kappa shape index (κ1) is 23.6. The summed E-state index contributed by atoms with van der Waals surface area (Å²) in [4.78, 5) is 28.7. The highest BCUT2D eigenvalue weighted by molar-refractivity contribution is 5.94. The molecule has 1 aliphatic heterocycles. The molecule has 1 saturated heterocycles. The van der Waals surface area contributed by atoms with Crippen LogP contribution in [0.5, 0.6) is 5.75 Å². The van der Waals surface area contributed by atoms with Gasteiger partial charge in [0.2, 0.25) is 11.8 Å². The number of carbonyl (C=O) groups is 2. The number of rotatable bonds is 7. The summed E-state index contributed by atoms with van der Waals surface area (Å²) in [5.74, 6) is -1.06. The van der Waals surface area contributed by atoms with Gasteiger partial charge in [-0.1, -0.05) is 30.3 Å². The maximum Gasteiger partial charge on any atom is 0.573 e. The number of nitrogens with zero attached hydrogens (tertiary/aromatic N) is 2. The molecule has 0 aliphatic carbocycles. The lowest BCUT2D eigenvalue weighted by Gasteiger charge is -2.40. The number of carbonyl (C=O) groups excluding carboxylic acids is 2. The number of amides is 2. The molecule has 10 heteroatoms. The number of benzene rings is 2. The molecular weight excluding hydrogens is 425 g/mol. The number of nitrogens with one attached hydrogen (secondary N) is 1. The molecule has 172 valence electrons. The molecule has 0 aromatic heterocycles. The van der Waals surface area contributed by atoms with Gasteiger partial charge in [0, 0.05) is 31.9 Å². The maximum atomic E-state index is 12.6. The van der Waals surface area contributed by atoms with Crippen molar-refractivity contribution in [1.82, 2.24) is 9.80 Å². The lowest BCUT2D eigenvalue weighted by atomic mass is 10.0. The second-order valence-electron chi connectivity index (χ2n) is 7.52. The number of nitrogens with two attached hydrogens (primary N) is 1. The summed E-state index contributed by atoms with van der Waals surface area (Å²) in [5, 5.41) is 2.70. The van der Waals surface area contributed by atoms with E-state index in [2.05, 4.69) is 10.1 Å². The molecular formula is C22H25F3N4O3. The third-order valence-corrected chi connectivity index (χ3v) is 5.38. The van der Waals surface area contributed by atoms with E-state index in [1.54, 1.807) is 6.92 Å². The van der Waals surface area contributed by atoms with Crippen LogP contribution in [0.4, 0.5) is 18.9 Å². The van der Waals surface area contributed by atoms with E-state index in [9.17, 15) is 22.8 Å². The molecule has 2 aromatic rings. The van der Waals surface area contributed by atoms with E-state index >= 15 is 0 Å². The number of piperazine rings is 1. The monoisotopic (exact) mass is 450 g/mol. The van der Waals surface area contributed by atoms with E-state index in [1.165, 1.54) is 12.1 Å². The van der Waals surface area contributed by atoms with Crippen molar-refractivity contribution in [2.45, 2.75) is 25.4 Å². The Balaban J connectivity index is 1.55. The summed E-state index contributed by atoms with van der Waals surface area (Å²) in [6.45, 7) is 4.00. The van der Waals surface area contributed by atoms with Gasteiger partial charge < -0.3 is 15.8 Å². The van der Waals surface area contributed by atoms with Crippen molar-refractivity contribution in [3.8, 4) is 5.75 Å². The summed E-state index contributed by atoms with van der Waals surface area (Å²) < 4.78 is 40.6. The Labute approximate surface area is 183 Å². The van der Waals surface area contributed by atoms with Crippen LogP contribution in [-0.4, -0.2) is 60.2 Å². The smallest absolute Gasteiger partial charge is 0.406 e. The average Bonchev–Trinajstić information content (AvgIpc) is 2.75. The minimum Gasteiger partial charge on any atom is -0.406 e. The molecule has 1 aliphatic rings. The molecule has 0 unspecified atom stereocenters. The Bertz CT molecular complexity index is 914. The number of halogens is 3. The van der Waals surface area contributed by atoms with Crippen molar-refractivity contribution >= 4 is 17.5 Å². The van der Waals surface area contributed by atoms with Crippen LogP contribution in [0.25, 0.3) is 0 Å². The normalized spacial score (nSPS) is 17.4. The van der Waals surface area contributed by atoms with Crippen molar-refractivity contribution in [1.29, 1.82) is 0 Å². The second-order valence-corrected chi connectivity index (χ2v) is 7.52. The third-order valence-electron chi connectivity index (χ3n) is 5.38. The second kappa shape index (κ2) is 10.0. The van der Waals surface area contributed by atoms with Gasteiger partial charge >= 0.3 is 6.36 Å². The molecule has 0 radical (unpaired) electrons. The predicted molar refractivity (Wildman–Crippen MR) is 113 cm³/mol. The Morgan fingerprint density at radius 1 is 0.969 bits per heavy atom. The Morgan fingerprint density at radius 3 is 2.06 bits per heavy atom. The first-order valence-electron chi connectivity index (χ1n) is 10.1. The zero-order chi connectivity index (χ0) is 23.3. The number of primary amides is 1. The SMILES string of the molecule is C[C@@H](C(=O)Nc1ccc(OC(F)(F)F)cc1)N1CCN([C@H](C(N)=O)c2ccccc2)CC1. The molecule has 3 N–H and O–H groups in total. The first-order valence-corrected chi connectivity index (χ1v) is 10.1. The summed E-state index contributed by atoms with van der Waals surface area (Å²) >= 11 is 0. The number of hydrogen-bond donors (Lipinski definition) is 2. The van der Waals surface area contributed by atoms with Crippen LogP contribution in [0.1, 0.15) is 18.5 Å². The standard InChI is InChI=1S/C22H25F3N4O3/c1-15(21(31)27-17-7-9-18(10-8-17)32-22(23,24)25)28-11-13-29(14-12-28)19(20(26)30)16-5-3-2-4-6-16/h2-10,15,19H,11-14H2,1H3,(H2,26,30)(H,27,31)/t15-,19-/m0/s1. The minimum atomic E-state index is -4.77. The zero-order valence-electron chi connectivity index (χ0n) is 17.5. The highest BCUT2D eigenvalue weighted by Crippen LogP contribution is 2.25. The number of anilines is 1. The van der Waals surface area contributed by atoms with Crippen molar-refractivity contribution in [3.63, 3.8) is 0 Å². The first-order chi connectivity index (χ1) is 15.1. The fourth-order valence-corrected chi connectivity index (χ4v) is 3.73. The van der Waals surface area contributed by atoms with Crippen LogP contribution in [-0.2, 0) is 9.59 Å². The van der Waals surface area contributed by atoms with Crippen LogP contribution in [0.15, 0.2) is 54.6 Å². The van der Waals surface area contributed by atoms with Gasteiger partial charge in [0.1, 0.15) is 11.8 Å². The minimum absolute atomic E-state index is 0.280. The highest BCUT2D eigenvalue weighted by atomic mass is 19.4. The molecule has 7 nitrogen and oxygen atoms in total. The van der Waals surface area contributed by atoms with Gasteiger partial charge in [0.15, 0.2) is 0 Å². The van der Waals surface area contributed by atoms with E-state index in [0.717, 1.165) is 17.7 Å². The highest BCUT2D eigenvalue weighted by Gasteiger charge is 2.32. The molecule has 32 heavy (non-hydrogen) atoms. The van der Waals surface area contributed by atoms with Crippen LogP contribution in [0.3, 0.4) is 0 Å². The molecule has 2 atom stereocenters. The molecule has 2 aromatic carbocycles. The van der Waals surface area contributed by atoms with Crippen molar-refractivity contribution in [2.24, 2.45) is 5.73 Å². The molecule has 3 rings (SSSR count). The summed E-state index contributed by atoms with van der Waals surface area (Å²) in [7, 11) is 0. The largest absolute Gasteiger partial charge is 0.573 e. The van der Waals surface area contributed by atoms with Crippen LogP contribution in [0, 0.1) is 0 Å². The molecule has 2 amide bonds. The van der Waals surface area contributed by atoms with Gasteiger partial charge in [-0.05, 0) is 36.8 Å². The van der Waals surface area contributed by atoms with E-state index < -0.39 is 24.4 Å². The molecule has 1 heterocycles. The van der Waals surface area contributed by atoms with Gasteiger partial charge in [-0.25, -0.2) is 0 Å². The zero-order valence-corrected chi connectivity index (χ0v) is 17.5. The van der Waals surface area contributed by atoms with Gasteiger partial charge in [-0.15, -0.1) is 13.2 Å². The quantitative estimate of drug-likeness (QED) is 0.678. The fraction of sp³-hybridized carbons (Fsp3) is 0.364. The molecule has 0 spiro atoms. The summed E-state index contributed by atoms with van der Waals surface area (Å²) in [6.07, 6.45) is -4.77. The lowest BCUT2D eigenvalue weighted by Crippen LogP contribution is -2.54. The maximum absolute atomic E-state index is 12.6. The average molecular weight is 450 g/mol. The lowest BCUT2D eigenvalue weighted by molar-refractivity contribution is -0.274. The van der Waals surface area contributed by atoms with E-state index in [-0.39, 0.29) is 11.7 Å². The third kappa shape index (κ3) is 6.21. The molecule has 1 fully saturated rings. The van der Waals surface area contributed by atoms with Crippen LogP contribution in [0.2, 0.25) is 0 Å². The topological polar surface area (TPSA) is 87.9 Å². The molecule has 0 saturated carbocycles. The van der Waals surface area contributed by atoms with Crippen molar-refractivity contribution < 1.29 is 27.5 Å². The number of ether oxygens (including phenoxy) is 1. The van der Waals surface area contributed by atoms with Gasteiger partial charge in [0.25, 0.3) is 0 Å². The Hall–Kier alpha value is -3.11. The van der Waals surface area contributed by atoms with E-state index in [4.69, 9.17) is 5.73 Å². The Kier molecular flexibility index (Phi) is 7.37.